The highest BCUT2D eigenvalue weighted by atomic mass is 16.5. The molecule has 0 radical (unpaired) electrons. The molecule has 0 bridgehead atoms. The zero-order chi connectivity index (χ0) is 63.7. The highest BCUT2D eigenvalue weighted by Crippen LogP contribution is 2.61. The van der Waals surface area contributed by atoms with Gasteiger partial charge in [-0.3, -0.25) is 29.4 Å². The Hall–Kier alpha value is -7.04. The van der Waals surface area contributed by atoms with Crippen molar-refractivity contribution in [1.82, 2.24) is 26.2 Å². The normalized spacial score (nSPS) is 22.4. The number of hydrogen-bond acceptors (Lipinski definition) is 11. The van der Waals surface area contributed by atoms with Gasteiger partial charge in [-0.25, -0.2) is 0 Å². The van der Waals surface area contributed by atoms with E-state index in [0.29, 0.717) is 67.2 Å². The largest absolute Gasteiger partial charge is 0.497 e. The van der Waals surface area contributed by atoms with E-state index in [-0.39, 0.29) is 55.5 Å². The Kier molecular flexibility index (Phi) is 23.8. The third kappa shape index (κ3) is 16.5. The zero-order valence-electron chi connectivity index (χ0n) is 54.2. The number of fused-ring (bicyclic) bond motifs is 5. The molecule has 3 fully saturated rings. The molecule has 9 rings (SSSR count). The van der Waals surface area contributed by atoms with E-state index in [0.717, 1.165) is 71.8 Å². The van der Waals surface area contributed by atoms with Crippen molar-refractivity contribution in [2.24, 2.45) is 34.3 Å². The van der Waals surface area contributed by atoms with Gasteiger partial charge in [0.1, 0.15) is 23.5 Å². The second kappa shape index (κ2) is 31.8. The lowest BCUT2D eigenvalue weighted by atomic mass is 9.59. The molecule has 4 amide bonds. The Labute approximate surface area is 534 Å². The molecule has 2 aliphatic carbocycles. The third-order valence-corrected chi connectivity index (χ3v) is 20.7. The number of nitrogens with zero attached hydrogens (tertiary/aromatic N) is 2. The van der Waals surface area contributed by atoms with Crippen molar-refractivity contribution in [3.8, 4) is 5.75 Å². The number of nitroso groups, excluding NO2 is 1. The fourth-order valence-corrected chi connectivity index (χ4v) is 15.6. The summed E-state index contributed by atoms with van der Waals surface area (Å²) in [4.78, 5) is 70.1. The number of aliphatic hydroxyl groups is 1. The molecule has 0 spiro atoms. The number of benzene rings is 5. The van der Waals surface area contributed by atoms with Gasteiger partial charge in [0.25, 0.3) is 0 Å². The van der Waals surface area contributed by atoms with Crippen LogP contribution in [0.25, 0.3) is 0 Å². The van der Waals surface area contributed by atoms with Crippen molar-refractivity contribution in [2.45, 2.75) is 186 Å². The van der Waals surface area contributed by atoms with Crippen LogP contribution in [-0.2, 0) is 42.5 Å². The summed E-state index contributed by atoms with van der Waals surface area (Å²) in [5, 5.41) is 28.3. The number of aliphatic hydroxyl groups excluding tert-OH is 1. The van der Waals surface area contributed by atoms with Crippen LogP contribution in [0.2, 0.25) is 0 Å². The van der Waals surface area contributed by atoms with Crippen LogP contribution in [0.1, 0.15) is 165 Å². The summed E-state index contributed by atoms with van der Waals surface area (Å²) in [5.41, 5.74) is 6.43. The van der Waals surface area contributed by atoms with Crippen LogP contribution in [0.4, 0.5) is 11.4 Å². The van der Waals surface area contributed by atoms with E-state index < -0.39 is 35.3 Å². The number of ether oxygens (including phenoxy) is 2. The highest BCUT2D eigenvalue weighted by molar-refractivity contribution is 5.98. The lowest BCUT2D eigenvalue weighted by Crippen LogP contribution is -2.64. The van der Waals surface area contributed by atoms with Crippen LogP contribution in [-0.4, -0.2) is 96.8 Å². The number of amides is 4. The second-order valence-corrected chi connectivity index (χ2v) is 26.9. The van der Waals surface area contributed by atoms with Crippen LogP contribution in [0.15, 0.2) is 150 Å². The first-order valence-electron chi connectivity index (χ1n) is 33.4. The number of nitrogens with one attached hydrogen (secondary N) is 5. The average Bonchev–Trinajstić information content (AvgIpc) is 1.36. The number of unbranched alkanes of at least 4 members (excludes halogenated alkanes) is 1. The highest BCUT2D eigenvalue weighted by Gasteiger charge is 2.58. The summed E-state index contributed by atoms with van der Waals surface area (Å²) < 4.78 is 12.0. The van der Waals surface area contributed by atoms with Crippen LogP contribution in [0.3, 0.4) is 0 Å². The van der Waals surface area contributed by atoms with Crippen molar-refractivity contribution < 1.29 is 33.8 Å². The van der Waals surface area contributed by atoms with Gasteiger partial charge in [0.05, 0.1) is 25.4 Å². The maximum absolute atomic E-state index is 14.6. The SMILES string of the molecule is COc1ccc(C(NCCCC[C@H](NC(=O)[C@H](Cc2ccc(N=O)cc2)NC(=O)CCC(=O)NCCCO[C@H]2CC[C@@]3(C)C(=CC[C@H]4[C@@H]5CC[C@H]([C@H](C)CCCC(C)C)[C@@]5(C)CCN43)C2)C(=O)Nc2ccc(CO)cc2)(c2ccccc2)c2ccccc2)cc1. The molecule has 2 aliphatic heterocycles. The van der Waals surface area contributed by atoms with Crippen LogP contribution in [0.5, 0.6) is 5.75 Å². The van der Waals surface area contributed by atoms with Gasteiger partial charge in [-0.15, -0.1) is 4.91 Å². The van der Waals surface area contributed by atoms with E-state index >= 15 is 0 Å². The first kappa shape index (κ1) is 67.4. The predicted molar refractivity (Wildman–Crippen MR) is 357 cm³/mol. The first-order valence-corrected chi connectivity index (χ1v) is 33.4. The van der Waals surface area contributed by atoms with E-state index in [9.17, 15) is 29.2 Å². The molecule has 15 nitrogen and oxygen atoms in total. The smallest absolute Gasteiger partial charge is 0.246 e. The molecule has 482 valence electrons. The van der Waals surface area contributed by atoms with Gasteiger partial charge in [0.2, 0.25) is 23.6 Å². The van der Waals surface area contributed by atoms with Crippen LogP contribution < -0.4 is 31.3 Å². The number of piperidine rings is 1. The number of carbonyl (C=O) groups is 4. The summed E-state index contributed by atoms with van der Waals surface area (Å²) in [7, 11) is 1.65. The number of carbonyl (C=O) groups excluding carboxylic acids is 4. The summed E-state index contributed by atoms with van der Waals surface area (Å²) in [5.74, 6) is 2.08. The molecule has 4 aliphatic rings. The Morgan fingerprint density at radius 2 is 1.38 bits per heavy atom. The zero-order valence-corrected chi connectivity index (χ0v) is 54.2. The predicted octanol–water partition coefficient (Wildman–Crippen LogP) is 13.0. The first-order chi connectivity index (χ1) is 43.6. The van der Waals surface area contributed by atoms with Gasteiger partial charge in [0, 0.05) is 49.7 Å². The molecule has 5 aromatic rings. The minimum atomic E-state index is -1.15. The van der Waals surface area contributed by atoms with Gasteiger partial charge in [-0.05, 0) is 189 Å². The lowest BCUT2D eigenvalue weighted by molar-refractivity contribution is -0.131. The number of rotatable bonds is 32. The molecule has 0 unspecified atom stereocenters. The van der Waals surface area contributed by atoms with Crippen molar-refractivity contribution >= 4 is 35.0 Å². The summed E-state index contributed by atoms with van der Waals surface area (Å²) in [6, 6.07) is 40.2. The molecule has 1 saturated heterocycles. The Morgan fingerprint density at radius 3 is 2.04 bits per heavy atom. The summed E-state index contributed by atoms with van der Waals surface area (Å²) in [6.07, 6.45) is 16.8. The van der Waals surface area contributed by atoms with Crippen LogP contribution in [0, 0.1) is 34.0 Å². The molecular formula is C75H99N7O8. The topological polar surface area (TPSA) is 200 Å². The molecule has 0 aromatic heterocycles. The molecule has 5 aromatic carbocycles. The van der Waals surface area contributed by atoms with E-state index in [1.807, 2.05) is 48.5 Å². The minimum absolute atomic E-state index is 0.0328. The van der Waals surface area contributed by atoms with Crippen molar-refractivity contribution in [3.63, 3.8) is 0 Å². The van der Waals surface area contributed by atoms with Crippen molar-refractivity contribution in [3.05, 3.63) is 178 Å². The maximum atomic E-state index is 14.6. The van der Waals surface area contributed by atoms with E-state index in [1.54, 1.807) is 43.5 Å². The molecule has 15 heteroatoms. The number of anilines is 1. The van der Waals surface area contributed by atoms with E-state index in [2.05, 4.69) is 114 Å². The van der Waals surface area contributed by atoms with Gasteiger partial charge in [-0.2, -0.15) is 0 Å². The summed E-state index contributed by atoms with van der Waals surface area (Å²) in [6.45, 7) is 14.9. The van der Waals surface area contributed by atoms with Gasteiger partial charge in [-0.1, -0.05) is 156 Å². The minimum Gasteiger partial charge on any atom is -0.497 e. The van der Waals surface area contributed by atoms with Crippen molar-refractivity contribution in [1.29, 1.82) is 0 Å². The summed E-state index contributed by atoms with van der Waals surface area (Å²) >= 11 is 0. The molecule has 6 N–H and O–H groups in total. The third-order valence-electron chi connectivity index (χ3n) is 20.7. The fourth-order valence-electron chi connectivity index (χ4n) is 15.6. The van der Waals surface area contributed by atoms with E-state index in [1.165, 1.54) is 62.8 Å². The Morgan fingerprint density at radius 1 is 0.700 bits per heavy atom. The monoisotopic (exact) mass is 1230 g/mol. The molecule has 90 heavy (non-hydrogen) atoms. The number of hydrogen-bond donors (Lipinski definition) is 6. The van der Waals surface area contributed by atoms with Crippen molar-refractivity contribution in [2.75, 3.05) is 38.7 Å². The standard InChI is InChI=1S/C75H99N7O8/c1-52(2)17-15-18-53(3)64-37-38-65-68-39-30-59-50-63(42-43-74(59,5)82(68)47-44-73(64,65)4)90-48-16-45-76-69(84)40-41-70(85)79-67(49-54-24-33-61(81-88)34-25-54)72(87)80-66(71(86)78-60-31-26-55(51-83)27-32-60)23-13-14-46-77-75(56-19-9-7-10-20-56,57-21-11-8-12-22-57)58-28-35-62(89-6)36-29-58/h7-12,19-22,24-36,52-53,63-68,77,83H,13-18,23,37-51H2,1-6H3,(H,76,84)(H,78,86)(H,79,85)(H,80,87)/t53-,63+,64-,65+,66+,67+,68+,73-,74+/m1/s1. The Balaban J connectivity index is 0.779. The maximum Gasteiger partial charge on any atom is 0.246 e. The second-order valence-electron chi connectivity index (χ2n) is 26.9. The average molecular weight is 1230 g/mol. The molecular weight excluding hydrogens is 1130 g/mol. The lowest BCUT2D eigenvalue weighted by Gasteiger charge is -2.60. The quantitative estimate of drug-likeness (QED) is 0.0104. The van der Waals surface area contributed by atoms with Gasteiger partial charge >= 0.3 is 0 Å². The van der Waals surface area contributed by atoms with E-state index in [4.69, 9.17) is 9.47 Å². The number of methoxy groups -OCH3 is 1. The fraction of sp³-hybridized carbons (Fsp3) is 0.520. The van der Waals surface area contributed by atoms with Crippen LogP contribution >= 0.6 is 0 Å². The molecule has 9 atom stereocenters. The molecule has 2 heterocycles. The van der Waals surface area contributed by atoms with Gasteiger partial charge in [0.15, 0.2) is 0 Å². The van der Waals surface area contributed by atoms with Gasteiger partial charge < -0.3 is 35.8 Å². The molecule has 2 saturated carbocycles. The Bertz CT molecular complexity index is 3120.